The van der Waals surface area contributed by atoms with Crippen molar-refractivity contribution < 1.29 is 9.53 Å². The largest absolute Gasteiger partial charge is 0.497 e. The van der Waals surface area contributed by atoms with E-state index in [1.165, 1.54) is 0 Å². The van der Waals surface area contributed by atoms with Crippen molar-refractivity contribution in [1.82, 2.24) is 4.90 Å². The molecule has 1 atom stereocenters. The lowest BCUT2D eigenvalue weighted by Gasteiger charge is -2.36. The van der Waals surface area contributed by atoms with E-state index in [1.807, 2.05) is 53.4 Å². The van der Waals surface area contributed by atoms with Gasteiger partial charge < -0.3 is 9.64 Å². The number of hydrogen-bond acceptors (Lipinski definition) is 2. The van der Waals surface area contributed by atoms with Gasteiger partial charge >= 0.3 is 0 Å². The summed E-state index contributed by atoms with van der Waals surface area (Å²) in [4.78, 5) is 14.8. The topological polar surface area (TPSA) is 29.5 Å². The Hall–Kier alpha value is -2.29. The second-order valence-corrected chi connectivity index (χ2v) is 5.65. The zero-order chi connectivity index (χ0) is 15.4. The molecule has 0 saturated carbocycles. The summed E-state index contributed by atoms with van der Waals surface area (Å²) < 4.78 is 5.32. The van der Waals surface area contributed by atoms with Crippen LogP contribution in [0.2, 0.25) is 0 Å². The highest BCUT2D eigenvalue weighted by molar-refractivity contribution is 5.94. The Morgan fingerprint density at radius 3 is 2.68 bits per heavy atom. The first-order valence-corrected chi connectivity index (χ1v) is 7.79. The van der Waals surface area contributed by atoms with Gasteiger partial charge in [-0.3, -0.25) is 4.79 Å². The van der Waals surface area contributed by atoms with Crippen molar-refractivity contribution >= 4 is 5.91 Å². The van der Waals surface area contributed by atoms with Crippen LogP contribution in [0.4, 0.5) is 0 Å². The fourth-order valence-corrected chi connectivity index (χ4v) is 3.12. The molecule has 114 valence electrons. The maximum absolute atomic E-state index is 12.8. The zero-order valence-corrected chi connectivity index (χ0v) is 12.9. The smallest absolute Gasteiger partial charge is 0.254 e. The molecule has 2 aromatic rings. The van der Waals surface area contributed by atoms with Crippen LogP contribution in [0.25, 0.3) is 0 Å². The van der Waals surface area contributed by atoms with Gasteiger partial charge in [0.25, 0.3) is 5.91 Å². The molecule has 22 heavy (non-hydrogen) atoms. The molecule has 0 spiro atoms. The Morgan fingerprint density at radius 2 is 1.91 bits per heavy atom. The van der Waals surface area contributed by atoms with E-state index in [2.05, 4.69) is 6.07 Å². The third kappa shape index (κ3) is 2.98. The number of amides is 1. The van der Waals surface area contributed by atoms with Gasteiger partial charge in [0.2, 0.25) is 0 Å². The summed E-state index contributed by atoms with van der Waals surface area (Å²) in [6, 6.07) is 17.7. The minimum Gasteiger partial charge on any atom is -0.497 e. The normalized spacial score (nSPS) is 18.0. The summed E-state index contributed by atoms with van der Waals surface area (Å²) in [5, 5.41) is 0. The van der Waals surface area contributed by atoms with Crippen LogP contribution in [0.15, 0.2) is 54.6 Å². The van der Waals surface area contributed by atoms with Crippen molar-refractivity contribution in [2.24, 2.45) is 0 Å². The van der Waals surface area contributed by atoms with Crippen molar-refractivity contribution in [3.05, 3.63) is 65.7 Å². The number of likely N-dealkylation sites (tertiary alicyclic amines) is 1. The molecule has 1 unspecified atom stereocenters. The number of benzene rings is 2. The monoisotopic (exact) mass is 295 g/mol. The van der Waals surface area contributed by atoms with Gasteiger partial charge in [0.15, 0.2) is 0 Å². The molecular formula is C19H21NO2. The molecule has 3 rings (SSSR count). The number of nitrogens with zero attached hydrogens (tertiary/aromatic N) is 1. The lowest BCUT2D eigenvalue weighted by molar-refractivity contribution is 0.0611. The highest BCUT2D eigenvalue weighted by atomic mass is 16.5. The molecule has 0 aliphatic carbocycles. The number of rotatable bonds is 3. The Labute approximate surface area is 131 Å². The van der Waals surface area contributed by atoms with E-state index in [1.54, 1.807) is 7.11 Å². The molecule has 0 bridgehead atoms. The van der Waals surface area contributed by atoms with E-state index in [0.717, 1.165) is 42.7 Å². The standard InChI is InChI=1S/C19H21NO2/c1-22-17-11-7-10-16(14-17)18-12-5-6-13-20(18)19(21)15-8-3-2-4-9-15/h2-4,7-11,14,18H,5-6,12-13H2,1H3. The number of ether oxygens (including phenoxy) is 1. The molecule has 0 aromatic heterocycles. The Bertz CT molecular complexity index is 639. The zero-order valence-electron chi connectivity index (χ0n) is 12.9. The van der Waals surface area contributed by atoms with E-state index < -0.39 is 0 Å². The maximum atomic E-state index is 12.8. The highest BCUT2D eigenvalue weighted by Crippen LogP contribution is 2.33. The minimum absolute atomic E-state index is 0.119. The van der Waals surface area contributed by atoms with Gasteiger partial charge in [0.1, 0.15) is 5.75 Å². The summed E-state index contributed by atoms with van der Waals surface area (Å²) in [6.45, 7) is 0.815. The summed E-state index contributed by atoms with van der Waals surface area (Å²) >= 11 is 0. The quantitative estimate of drug-likeness (QED) is 0.854. The molecule has 1 fully saturated rings. The van der Waals surface area contributed by atoms with E-state index >= 15 is 0 Å². The van der Waals surface area contributed by atoms with Crippen LogP contribution < -0.4 is 4.74 Å². The predicted molar refractivity (Wildman–Crippen MR) is 87.1 cm³/mol. The van der Waals surface area contributed by atoms with E-state index in [-0.39, 0.29) is 11.9 Å². The van der Waals surface area contributed by atoms with E-state index in [4.69, 9.17) is 4.74 Å². The van der Waals surface area contributed by atoms with Gasteiger partial charge in [-0.05, 0) is 49.1 Å². The van der Waals surface area contributed by atoms with Crippen molar-refractivity contribution in [1.29, 1.82) is 0 Å². The van der Waals surface area contributed by atoms with Gasteiger partial charge in [-0.1, -0.05) is 30.3 Å². The van der Waals surface area contributed by atoms with Gasteiger partial charge in [-0.15, -0.1) is 0 Å². The SMILES string of the molecule is COc1cccc(C2CCCCN2C(=O)c2ccccc2)c1. The van der Waals surface area contributed by atoms with Gasteiger partial charge in [-0.25, -0.2) is 0 Å². The summed E-state index contributed by atoms with van der Waals surface area (Å²) in [7, 11) is 1.67. The third-order valence-electron chi connectivity index (χ3n) is 4.26. The Morgan fingerprint density at radius 1 is 1.09 bits per heavy atom. The number of hydrogen-bond donors (Lipinski definition) is 0. The predicted octanol–water partition coefficient (Wildman–Crippen LogP) is 4.06. The lowest BCUT2D eigenvalue weighted by Crippen LogP contribution is -2.38. The first kappa shape index (κ1) is 14.6. The summed E-state index contributed by atoms with van der Waals surface area (Å²) in [5.74, 6) is 0.961. The van der Waals surface area contributed by atoms with E-state index in [9.17, 15) is 4.79 Å². The average Bonchev–Trinajstić information content (AvgIpc) is 2.62. The maximum Gasteiger partial charge on any atom is 0.254 e. The van der Waals surface area contributed by atoms with Crippen molar-refractivity contribution in [3.63, 3.8) is 0 Å². The third-order valence-corrected chi connectivity index (χ3v) is 4.26. The van der Waals surface area contributed by atoms with Crippen molar-refractivity contribution in [2.75, 3.05) is 13.7 Å². The van der Waals surface area contributed by atoms with Gasteiger partial charge in [-0.2, -0.15) is 0 Å². The lowest BCUT2D eigenvalue weighted by atomic mass is 9.94. The average molecular weight is 295 g/mol. The van der Waals surface area contributed by atoms with Crippen LogP contribution in [0, 0.1) is 0 Å². The van der Waals surface area contributed by atoms with Crippen LogP contribution in [0.5, 0.6) is 5.75 Å². The highest BCUT2D eigenvalue weighted by Gasteiger charge is 2.28. The number of carbonyl (C=O) groups is 1. The Balaban J connectivity index is 1.89. The molecule has 1 saturated heterocycles. The van der Waals surface area contributed by atoms with Crippen molar-refractivity contribution in [2.45, 2.75) is 25.3 Å². The van der Waals surface area contributed by atoms with Gasteiger partial charge in [0.05, 0.1) is 13.2 Å². The first-order valence-electron chi connectivity index (χ1n) is 7.79. The fourth-order valence-electron chi connectivity index (χ4n) is 3.12. The van der Waals surface area contributed by atoms with Crippen LogP contribution in [0.3, 0.4) is 0 Å². The van der Waals surface area contributed by atoms with Crippen molar-refractivity contribution in [3.8, 4) is 5.75 Å². The molecular weight excluding hydrogens is 274 g/mol. The second kappa shape index (κ2) is 6.65. The van der Waals surface area contributed by atoms with Gasteiger partial charge in [0, 0.05) is 12.1 Å². The minimum atomic E-state index is 0.119. The molecule has 3 heteroatoms. The molecule has 1 aliphatic rings. The van der Waals surface area contributed by atoms with Crippen LogP contribution in [-0.2, 0) is 0 Å². The number of methoxy groups -OCH3 is 1. The molecule has 3 nitrogen and oxygen atoms in total. The summed E-state index contributed by atoms with van der Waals surface area (Å²) in [6.07, 6.45) is 3.23. The molecule has 2 aromatic carbocycles. The second-order valence-electron chi connectivity index (χ2n) is 5.65. The molecule has 1 aliphatic heterocycles. The number of carbonyl (C=O) groups excluding carboxylic acids is 1. The molecule has 0 N–H and O–H groups in total. The summed E-state index contributed by atoms with van der Waals surface area (Å²) in [5.41, 5.74) is 1.92. The molecule has 1 heterocycles. The fraction of sp³-hybridized carbons (Fsp3) is 0.316. The van der Waals surface area contributed by atoms with Crippen LogP contribution >= 0.6 is 0 Å². The number of piperidine rings is 1. The Kier molecular flexibility index (Phi) is 4.42. The first-order chi connectivity index (χ1) is 10.8. The van der Waals surface area contributed by atoms with Crippen LogP contribution in [-0.4, -0.2) is 24.5 Å². The van der Waals surface area contributed by atoms with E-state index in [0.29, 0.717) is 0 Å². The van der Waals surface area contributed by atoms with Crippen LogP contribution in [0.1, 0.15) is 41.2 Å². The molecule has 1 amide bonds. The molecule has 0 radical (unpaired) electrons.